The second-order valence-corrected chi connectivity index (χ2v) is 5.57. The van der Waals surface area contributed by atoms with Crippen LogP contribution in [0.4, 0.5) is 0 Å². The first-order valence-electron chi connectivity index (χ1n) is 6.32. The molecule has 1 aromatic carbocycles. The van der Waals surface area contributed by atoms with Crippen LogP contribution in [0.25, 0.3) is 15.8 Å². The standard InChI is InChI=1S/C14H13N3O3S/c1-8-5-13(19)17(14(20)16(8)2)9-3-4-12-10(6-9)11(7-18)15-21-12/h3-6,18H,7H2,1-2H3. The van der Waals surface area contributed by atoms with Crippen LogP contribution in [0.15, 0.2) is 33.9 Å². The van der Waals surface area contributed by atoms with Crippen molar-refractivity contribution in [1.29, 1.82) is 0 Å². The molecule has 0 aliphatic carbocycles. The van der Waals surface area contributed by atoms with Gasteiger partial charge in [-0.2, -0.15) is 4.37 Å². The Morgan fingerprint density at radius 3 is 2.76 bits per heavy atom. The van der Waals surface area contributed by atoms with Crippen molar-refractivity contribution in [3.63, 3.8) is 0 Å². The van der Waals surface area contributed by atoms with Gasteiger partial charge >= 0.3 is 5.69 Å². The summed E-state index contributed by atoms with van der Waals surface area (Å²) in [4.78, 5) is 24.4. The van der Waals surface area contributed by atoms with E-state index in [0.717, 1.165) is 14.7 Å². The average molecular weight is 303 g/mol. The van der Waals surface area contributed by atoms with Crippen molar-refractivity contribution in [3.05, 3.63) is 56.5 Å². The van der Waals surface area contributed by atoms with Gasteiger partial charge in [-0.15, -0.1) is 0 Å². The Hall–Kier alpha value is -2.25. The van der Waals surface area contributed by atoms with E-state index in [2.05, 4.69) is 4.37 Å². The molecule has 108 valence electrons. The third-order valence-electron chi connectivity index (χ3n) is 3.50. The van der Waals surface area contributed by atoms with Gasteiger partial charge in [0, 0.05) is 24.2 Å². The largest absolute Gasteiger partial charge is 0.390 e. The molecule has 0 unspecified atom stereocenters. The number of rotatable bonds is 2. The SMILES string of the molecule is Cc1cc(=O)n(-c2ccc3snc(CO)c3c2)c(=O)n1C. The summed E-state index contributed by atoms with van der Waals surface area (Å²) in [5, 5.41) is 10.0. The first-order chi connectivity index (χ1) is 10.0. The Kier molecular flexibility index (Phi) is 3.23. The maximum absolute atomic E-state index is 12.3. The Balaban J connectivity index is 2.33. The second kappa shape index (κ2) is 4.94. The van der Waals surface area contributed by atoms with Gasteiger partial charge in [0.1, 0.15) is 0 Å². The normalized spacial score (nSPS) is 11.2. The van der Waals surface area contributed by atoms with Gasteiger partial charge in [-0.1, -0.05) is 0 Å². The fraction of sp³-hybridized carbons (Fsp3) is 0.214. The molecule has 7 heteroatoms. The molecule has 0 saturated heterocycles. The number of hydrogen-bond acceptors (Lipinski definition) is 5. The van der Waals surface area contributed by atoms with Crippen LogP contribution < -0.4 is 11.2 Å². The van der Waals surface area contributed by atoms with Gasteiger partial charge in [0.25, 0.3) is 5.56 Å². The zero-order valence-electron chi connectivity index (χ0n) is 11.5. The lowest BCUT2D eigenvalue weighted by Gasteiger charge is -2.09. The highest BCUT2D eigenvalue weighted by Crippen LogP contribution is 2.24. The molecular formula is C14H13N3O3S. The highest BCUT2D eigenvalue weighted by Gasteiger charge is 2.11. The first kappa shape index (κ1) is 13.7. The number of aryl methyl sites for hydroxylation is 1. The smallest absolute Gasteiger partial charge is 0.335 e. The van der Waals surface area contributed by atoms with Crippen molar-refractivity contribution in [2.75, 3.05) is 0 Å². The molecule has 0 aliphatic heterocycles. The van der Waals surface area contributed by atoms with E-state index < -0.39 is 5.69 Å². The molecule has 21 heavy (non-hydrogen) atoms. The maximum Gasteiger partial charge on any atom is 0.335 e. The monoisotopic (exact) mass is 303 g/mol. The number of aliphatic hydroxyl groups excluding tert-OH is 1. The molecule has 0 fully saturated rings. The minimum Gasteiger partial charge on any atom is -0.390 e. The molecule has 0 bridgehead atoms. The summed E-state index contributed by atoms with van der Waals surface area (Å²) in [6.07, 6.45) is 0. The molecule has 0 spiro atoms. The van der Waals surface area contributed by atoms with Crippen LogP contribution in [0.5, 0.6) is 0 Å². The summed E-state index contributed by atoms with van der Waals surface area (Å²) in [6, 6.07) is 6.64. The van der Waals surface area contributed by atoms with E-state index >= 15 is 0 Å². The first-order valence-corrected chi connectivity index (χ1v) is 7.09. The zero-order chi connectivity index (χ0) is 15.1. The van der Waals surface area contributed by atoms with E-state index in [4.69, 9.17) is 0 Å². The van der Waals surface area contributed by atoms with Crippen molar-refractivity contribution in [3.8, 4) is 5.69 Å². The van der Waals surface area contributed by atoms with E-state index in [1.54, 1.807) is 32.2 Å². The maximum atomic E-state index is 12.3. The van der Waals surface area contributed by atoms with E-state index in [9.17, 15) is 14.7 Å². The number of aliphatic hydroxyl groups is 1. The van der Waals surface area contributed by atoms with Gasteiger partial charge in [0.05, 0.1) is 22.7 Å². The average Bonchev–Trinajstić information content (AvgIpc) is 2.87. The van der Waals surface area contributed by atoms with Crippen LogP contribution in [-0.4, -0.2) is 18.6 Å². The lowest BCUT2D eigenvalue weighted by molar-refractivity contribution is 0.279. The number of fused-ring (bicyclic) bond motifs is 1. The van der Waals surface area contributed by atoms with Crippen molar-refractivity contribution in [2.24, 2.45) is 7.05 Å². The van der Waals surface area contributed by atoms with E-state index in [1.165, 1.54) is 22.2 Å². The van der Waals surface area contributed by atoms with E-state index in [-0.39, 0.29) is 12.2 Å². The third kappa shape index (κ3) is 2.10. The Bertz CT molecular complexity index is 952. The van der Waals surface area contributed by atoms with Crippen molar-refractivity contribution in [2.45, 2.75) is 13.5 Å². The summed E-state index contributed by atoms with van der Waals surface area (Å²) < 4.78 is 7.59. The molecule has 6 nitrogen and oxygen atoms in total. The summed E-state index contributed by atoms with van der Waals surface area (Å²) >= 11 is 1.28. The summed E-state index contributed by atoms with van der Waals surface area (Å²) in [7, 11) is 1.62. The summed E-state index contributed by atoms with van der Waals surface area (Å²) in [5.41, 5.74) is 0.865. The highest BCUT2D eigenvalue weighted by atomic mass is 32.1. The van der Waals surface area contributed by atoms with Crippen LogP contribution in [0.3, 0.4) is 0 Å². The molecule has 1 N–H and O–H groups in total. The lowest BCUT2D eigenvalue weighted by atomic mass is 10.2. The second-order valence-electron chi connectivity index (χ2n) is 4.77. The number of benzene rings is 1. The van der Waals surface area contributed by atoms with E-state index in [1.807, 2.05) is 0 Å². The molecule has 0 aliphatic rings. The van der Waals surface area contributed by atoms with Crippen molar-refractivity contribution >= 4 is 21.6 Å². The van der Waals surface area contributed by atoms with Crippen LogP contribution in [0.2, 0.25) is 0 Å². The quantitative estimate of drug-likeness (QED) is 0.764. The molecule has 2 aromatic heterocycles. The Morgan fingerprint density at radius 1 is 1.29 bits per heavy atom. The molecule has 3 aromatic rings. The number of aromatic nitrogens is 3. The molecule has 0 saturated carbocycles. The van der Waals surface area contributed by atoms with Gasteiger partial charge in [0.15, 0.2) is 0 Å². The van der Waals surface area contributed by atoms with E-state index in [0.29, 0.717) is 17.1 Å². The minimum atomic E-state index is -0.395. The molecule has 2 heterocycles. The van der Waals surface area contributed by atoms with Crippen LogP contribution in [0.1, 0.15) is 11.4 Å². The summed E-state index contributed by atoms with van der Waals surface area (Å²) in [5.74, 6) is 0. The molecule has 0 amide bonds. The minimum absolute atomic E-state index is 0.176. The van der Waals surface area contributed by atoms with Crippen molar-refractivity contribution < 1.29 is 5.11 Å². The van der Waals surface area contributed by atoms with Gasteiger partial charge in [-0.05, 0) is 36.7 Å². The number of nitrogens with zero attached hydrogens (tertiary/aromatic N) is 3. The molecule has 3 rings (SSSR count). The Labute approximate surface area is 123 Å². The summed E-state index contributed by atoms with van der Waals surface area (Å²) in [6.45, 7) is 1.53. The fourth-order valence-electron chi connectivity index (χ4n) is 2.20. The number of hydrogen-bond donors (Lipinski definition) is 1. The fourth-order valence-corrected chi connectivity index (χ4v) is 2.97. The van der Waals surface area contributed by atoms with Crippen LogP contribution in [0, 0.1) is 6.92 Å². The van der Waals surface area contributed by atoms with Gasteiger partial charge < -0.3 is 9.67 Å². The molecule has 0 radical (unpaired) electrons. The van der Waals surface area contributed by atoms with Gasteiger partial charge in [-0.3, -0.25) is 4.79 Å². The van der Waals surface area contributed by atoms with Gasteiger partial charge in [0.2, 0.25) is 0 Å². The predicted octanol–water partition coefficient (Wildman–Crippen LogP) is 0.947. The zero-order valence-corrected chi connectivity index (χ0v) is 12.3. The lowest BCUT2D eigenvalue weighted by Crippen LogP contribution is -2.38. The van der Waals surface area contributed by atoms with Crippen molar-refractivity contribution in [1.82, 2.24) is 13.5 Å². The topological polar surface area (TPSA) is 77.1 Å². The third-order valence-corrected chi connectivity index (χ3v) is 4.36. The Morgan fingerprint density at radius 2 is 2.05 bits per heavy atom. The predicted molar refractivity (Wildman–Crippen MR) is 81.1 cm³/mol. The van der Waals surface area contributed by atoms with Crippen LogP contribution in [-0.2, 0) is 13.7 Å². The molecule has 0 atom stereocenters. The van der Waals surface area contributed by atoms with Gasteiger partial charge in [-0.25, -0.2) is 9.36 Å². The molecular weight excluding hydrogens is 290 g/mol. The highest BCUT2D eigenvalue weighted by molar-refractivity contribution is 7.13. The van der Waals surface area contributed by atoms with Crippen LogP contribution >= 0.6 is 11.5 Å².